The van der Waals surface area contributed by atoms with Gasteiger partial charge in [-0.15, -0.1) is 0 Å². The maximum Gasteiger partial charge on any atom is 0.0594 e. The van der Waals surface area contributed by atoms with Gasteiger partial charge >= 0.3 is 0 Å². The second-order valence-electron chi connectivity index (χ2n) is 2.62. The SMILES string of the molecule is NCC=CCN1CCOCC1. The Morgan fingerprint density at radius 1 is 1.27 bits per heavy atom. The number of hydrogen-bond acceptors (Lipinski definition) is 3. The highest BCUT2D eigenvalue weighted by atomic mass is 16.5. The Balaban J connectivity index is 2.09. The molecule has 0 bridgehead atoms. The Morgan fingerprint density at radius 2 is 2.00 bits per heavy atom. The van der Waals surface area contributed by atoms with Crippen LogP contribution in [-0.2, 0) is 4.74 Å². The van der Waals surface area contributed by atoms with E-state index in [0.29, 0.717) is 6.54 Å². The van der Waals surface area contributed by atoms with Gasteiger partial charge in [-0.2, -0.15) is 0 Å². The van der Waals surface area contributed by atoms with Crippen LogP contribution in [0.3, 0.4) is 0 Å². The molecule has 0 amide bonds. The van der Waals surface area contributed by atoms with Crippen molar-refractivity contribution in [1.82, 2.24) is 4.90 Å². The van der Waals surface area contributed by atoms with E-state index in [1.54, 1.807) is 0 Å². The molecule has 11 heavy (non-hydrogen) atoms. The molecule has 0 unspecified atom stereocenters. The largest absolute Gasteiger partial charge is 0.379 e. The second kappa shape index (κ2) is 5.29. The van der Waals surface area contributed by atoms with Crippen molar-refractivity contribution in [3.8, 4) is 0 Å². The molecule has 0 saturated carbocycles. The quantitative estimate of drug-likeness (QED) is 0.577. The van der Waals surface area contributed by atoms with Crippen molar-refractivity contribution in [1.29, 1.82) is 0 Å². The van der Waals surface area contributed by atoms with Crippen molar-refractivity contribution >= 4 is 0 Å². The average Bonchev–Trinajstić information content (AvgIpc) is 2.07. The molecule has 0 radical (unpaired) electrons. The molecule has 0 aliphatic carbocycles. The molecule has 0 spiro atoms. The number of hydrogen-bond donors (Lipinski definition) is 1. The van der Waals surface area contributed by atoms with E-state index in [4.69, 9.17) is 10.5 Å². The minimum atomic E-state index is 0.643. The fourth-order valence-corrected chi connectivity index (χ4v) is 1.10. The predicted molar refractivity (Wildman–Crippen MR) is 45.5 cm³/mol. The Morgan fingerprint density at radius 3 is 2.64 bits per heavy atom. The highest BCUT2D eigenvalue weighted by Crippen LogP contribution is 1.95. The van der Waals surface area contributed by atoms with Crippen molar-refractivity contribution in [2.45, 2.75) is 0 Å². The van der Waals surface area contributed by atoms with Gasteiger partial charge in [0.1, 0.15) is 0 Å². The van der Waals surface area contributed by atoms with E-state index in [-0.39, 0.29) is 0 Å². The van der Waals surface area contributed by atoms with Crippen LogP contribution in [0.2, 0.25) is 0 Å². The van der Waals surface area contributed by atoms with Gasteiger partial charge in [-0.05, 0) is 0 Å². The third-order valence-electron chi connectivity index (χ3n) is 1.77. The lowest BCUT2D eigenvalue weighted by Gasteiger charge is -2.25. The van der Waals surface area contributed by atoms with Gasteiger partial charge in [0, 0.05) is 26.2 Å². The van der Waals surface area contributed by atoms with Crippen molar-refractivity contribution in [2.75, 3.05) is 39.4 Å². The zero-order chi connectivity index (χ0) is 7.94. The van der Waals surface area contributed by atoms with Gasteiger partial charge in [-0.25, -0.2) is 0 Å². The van der Waals surface area contributed by atoms with Gasteiger partial charge in [0.25, 0.3) is 0 Å². The molecule has 0 aromatic heterocycles. The summed E-state index contributed by atoms with van der Waals surface area (Å²) in [6.07, 6.45) is 4.11. The van der Waals surface area contributed by atoms with E-state index in [0.717, 1.165) is 32.8 Å². The Bertz CT molecular complexity index is 119. The summed E-state index contributed by atoms with van der Waals surface area (Å²) >= 11 is 0. The number of morpholine rings is 1. The number of rotatable bonds is 3. The molecule has 1 saturated heterocycles. The molecule has 1 aliphatic heterocycles. The molecule has 0 aromatic rings. The molecule has 1 rings (SSSR count). The third kappa shape index (κ3) is 3.51. The van der Waals surface area contributed by atoms with Crippen LogP contribution in [0.1, 0.15) is 0 Å². The summed E-state index contributed by atoms with van der Waals surface area (Å²) in [5.41, 5.74) is 5.31. The zero-order valence-corrected chi connectivity index (χ0v) is 6.83. The summed E-state index contributed by atoms with van der Waals surface area (Å²) in [5, 5.41) is 0. The number of ether oxygens (including phenoxy) is 1. The van der Waals surface area contributed by atoms with E-state index >= 15 is 0 Å². The van der Waals surface area contributed by atoms with E-state index < -0.39 is 0 Å². The van der Waals surface area contributed by atoms with E-state index in [2.05, 4.69) is 11.0 Å². The standard InChI is InChI=1S/C8H16N2O/c9-3-1-2-4-10-5-7-11-8-6-10/h1-2H,3-9H2. The predicted octanol–water partition coefficient (Wildman–Crippen LogP) is -0.167. The summed E-state index contributed by atoms with van der Waals surface area (Å²) in [5.74, 6) is 0. The van der Waals surface area contributed by atoms with Crippen LogP contribution in [0.4, 0.5) is 0 Å². The lowest BCUT2D eigenvalue weighted by molar-refractivity contribution is 0.0434. The first-order valence-electron chi connectivity index (χ1n) is 4.08. The third-order valence-corrected chi connectivity index (χ3v) is 1.77. The second-order valence-corrected chi connectivity index (χ2v) is 2.62. The van der Waals surface area contributed by atoms with Crippen molar-refractivity contribution in [3.05, 3.63) is 12.2 Å². The normalized spacial score (nSPS) is 21.2. The number of nitrogens with two attached hydrogens (primary N) is 1. The Kier molecular flexibility index (Phi) is 4.19. The zero-order valence-electron chi connectivity index (χ0n) is 6.83. The molecule has 2 N–H and O–H groups in total. The highest BCUT2D eigenvalue weighted by molar-refractivity contribution is 4.85. The highest BCUT2D eigenvalue weighted by Gasteiger charge is 2.06. The van der Waals surface area contributed by atoms with Crippen LogP contribution < -0.4 is 5.73 Å². The fraction of sp³-hybridized carbons (Fsp3) is 0.750. The monoisotopic (exact) mass is 156 g/mol. The van der Waals surface area contributed by atoms with Crippen LogP contribution in [0.5, 0.6) is 0 Å². The van der Waals surface area contributed by atoms with Gasteiger partial charge < -0.3 is 10.5 Å². The summed E-state index contributed by atoms with van der Waals surface area (Å²) in [6, 6.07) is 0. The molecule has 64 valence electrons. The summed E-state index contributed by atoms with van der Waals surface area (Å²) in [7, 11) is 0. The molecular formula is C8H16N2O. The smallest absolute Gasteiger partial charge is 0.0594 e. The molecule has 1 heterocycles. The maximum absolute atomic E-state index is 5.31. The van der Waals surface area contributed by atoms with Gasteiger partial charge in [0.2, 0.25) is 0 Å². The maximum atomic E-state index is 5.31. The summed E-state index contributed by atoms with van der Waals surface area (Å²) < 4.78 is 5.22. The van der Waals surface area contributed by atoms with Crippen LogP contribution in [-0.4, -0.2) is 44.3 Å². The van der Waals surface area contributed by atoms with Crippen LogP contribution >= 0.6 is 0 Å². The summed E-state index contributed by atoms with van der Waals surface area (Å²) in [4.78, 5) is 2.36. The van der Waals surface area contributed by atoms with E-state index in [1.165, 1.54) is 0 Å². The van der Waals surface area contributed by atoms with Crippen molar-refractivity contribution in [2.24, 2.45) is 5.73 Å². The van der Waals surface area contributed by atoms with Gasteiger partial charge in [-0.3, -0.25) is 4.90 Å². The fourth-order valence-electron chi connectivity index (χ4n) is 1.10. The minimum Gasteiger partial charge on any atom is -0.379 e. The first kappa shape index (κ1) is 8.71. The van der Waals surface area contributed by atoms with Crippen LogP contribution in [0, 0.1) is 0 Å². The first-order valence-corrected chi connectivity index (χ1v) is 4.08. The Hall–Kier alpha value is -0.380. The molecule has 0 aromatic carbocycles. The summed E-state index contributed by atoms with van der Waals surface area (Å²) in [6.45, 7) is 5.50. The Labute approximate surface area is 67.8 Å². The van der Waals surface area contributed by atoms with Crippen LogP contribution in [0.15, 0.2) is 12.2 Å². The van der Waals surface area contributed by atoms with Gasteiger partial charge in [0.15, 0.2) is 0 Å². The van der Waals surface area contributed by atoms with E-state index in [1.807, 2.05) is 6.08 Å². The van der Waals surface area contributed by atoms with Crippen molar-refractivity contribution < 1.29 is 4.74 Å². The minimum absolute atomic E-state index is 0.643. The number of nitrogens with zero attached hydrogens (tertiary/aromatic N) is 1. The first-order chi connectivity index (χ1) is 5.43. The topological polar surface area (TPSA) is 38.5 Å². The molecule has 1 aliphatic rings. The molecule has 1 fully saturated rings. The lowest BCUT2D eigenvalue weighted by atomic mass is 10.4. The molecule has 3 nitrogen and oxygen atoms in total. The van der Waals surface area contributed by atoms with E-state index in [9.17, 15) is 0 Å². The average molecular weight is 156 g/mol. The molecular weight excluding hydrogens is 140 g/mol. The van der Waals surface area contributed by atoms with Crippen LogP contribution in [0.25, 0.3) is 0 Å². The molecule has 0 atom stereocenters. The van der Waals surface area contributed by atoms with Gasteiger partial charge in [0.05, 0.1) is 13.2 Å². The van der Waals surface area contributed by atoms with Crippen molar-refractivity contribution in [3.63, 3.8) is 0 Å². The van der Waals surface area contributed by atoms with Gasteiger partial charge in [-0.1, -0.05) is 12.2 Å². The lowest BCUT2D eigenvalue weighted by Crippen LogP contribution is -2.36. The molecule has 3 heteroatoms.